The average molecular weight is 348 g/mol. The molecule has 1 unspecified atom stereocenters. The number of pyridine rings is 1. The van der Waals surface area contributed by atoms with Crippen LogP contribution in [0.2, 0.25) is 0 Å². The highest BCUT2D eigenvalue weighted by atomic mass is 16.3. The van der Waals surface area contributed by atoms with E-state index >= 15 is 0 Å². The summed E-state index contributed by atoms with van der Waals surface area (Å²) in [5, 5.41) is 15.3. The second-order valence-corrected chi connectivity index (χ2v) is 5.98. The lowest BCUT2D eigenvalue weighted by atomic mass is 10.0. The molecule has 2 amide bonds. The molecule has 7 nitrogen and oxygen atoms in total. The van der Waals surface area contributed by atoms with Gasteiger partial charge in [0.1, 0.15) is 5.82 Å². The number of fused-ring (bicyclic) bond motifs is 3. The Hall–Kier alpha value is -3.45. The molecule has 1 aliphatic heterocycles. The molecular weight excluding hydrogens is 332 g/mol. The first-order valence-electron chi connectivity index (χ1n) is 8.13. The number of aliphatic hydroxyl groups excluding tert-OH is 1. The van der Waals surface area contributed by atoms with Crippen LogP contribution in [-0.2, 0) is 0 Å². The van der Waals surface area contributed by atoms with Gasteiger partial charge in [0.2, 0.25) is 0 Å². The molecule has 3 N–H and O–H groups in total. The van der Waals surface area contributed by atoms with Crippen LogP contribution in [0.1, 0.15) is 29.1 Å². The zero-order valence-corrected chi connectivity index (χ0v) is 13.9. The molecule has 0 saturated carbocycles. The Morgan fingerprint density at radius 3 is 2.69 bits per heavy atom. The summed E-state index contributed by atoms with van der Waals surface area (Å²) in [6.07, 6.45) is 0.810. The van der Waals surface area contributed by atoms with E-state index in [1.54, 1.807) is 61.7 Å². The fraction of sp³-hybridized carbons (Fsp3) is 0.105. The second kappa shape index (κ2) is 6.12. The largest absolute Gasteiger partial charge is 0.387 e. The lowest BCUT2D eigenvalue weighted by Crippen LogP contribution is -2.20. The molecule has 130 valence electrons. The number of anilines is 2. The molecule has 7 heteroatoms. The molecule has 1 aliphatic rings. The van der Waals surface area contributed by atoms with E-state index in [-0.39, 0.29) is 5.91 Å². The van der Waals surface area contributed by atoms with Crippen LogP contribution in [0.5, 0.6) is 0 Å². The van der Waals surface area contributed by atoms with Crippen LogP contribution >= 0.6 is 0 Å². The topological polar surface area (TPSA) is 96.3 Å². The number of hydrogen-bond acceptors (Lipinski definition) is 4. The van der Waals surface area contributed by atoms with Crippen molar-refractivity contribution in [3.8, 4) is 11.3 Å². The maximum atomic E-state index is 12.7. The van der Waals surface area contributed by atoms with Crippen molar-refractivity contribution in [2.45, 2.75) is 13.0 Å². The van der Waals surface area contributed by atoms with Gasteiger partial charge in [0.15, 0.2) is 0 Å². The molecule has 2 aromatic heterocycles. The van der Waals surface area contributed by atoms with E-state index in [2.05, 4.69) is 15.6 Å². The Labute approximate surface area is 149 Å². The third kappa shape index (κ3) is 2.55. The Balaban J connectivity index is 1.68. The van der Waals surface area contributed by atoms with Gasteiger partial charge in [-0.2, -0.15) is 0 Å². The number of aromatic nitrogens is 2. The number of carbonyl (C=O) groups excluding carboxylic acids is 2. The van der Waals surface area contributed by atoms with Crippen LogP contribution in [0.3, 0.4) is 0 Å². The summed E-state index contributed by atoms with van der Waals surface area (Å²) in [6.45, 7) is 1.61. The summed E-state index contributed by atoms with van der Waals surface area (Å²) in [7, 11) is 0. The standard InChI is InChI=1S/C19H16N4O3/c1-11(24)14-8-9-15-17-12(18(25)23(14)15)5-4-6-13(17)21-19(26)22-16-7-2-3-10-20-16/h2-11,24H,1H3,(H2,20,21,22,26). The quantitative estimate of drug-likeness (QED) is 0.529. The van der Waals surface area contributed by atoms with Gasteiger partial charge in [-0.3, -0.25) is 14.7 Å². The van der Waals surface area contributed by atoms with Gasteiger partial charge in [-0.1, -0.05) is 12.1 Å². The number of benzene rings is 1. The summed E-state index contributed by atoms with van der Waals surface area (Å²) in [4.78, 5) is 29.1. The minimum absolute atomic E-state index is 0.218. The number of carbonyl (C=O) groups is 2. The maximum Gasteiger partial charge on any atom is 0.324 e. The first-order valence-corrected chi connectivity index (χ1v) is 8.13. The molecule has 0 spiro atoms. The van der Waals surface area contributed by atoms with E-state index in [0.29, 0.717) is 34.0 Å². The highest BCUT2D eigenvalue weighted by molar-refractivity contribution is 6.14. The SMILES string of the molecule is CC(O)c1ccc2n1C(=O)c1cccc(NC(=O)Nc3ccccn3)c1-2. The Morgan fingerprint density at radius 2 is 1.96 bits per heavy atom. The molecule has 1 atom stereocenters. The predicted octanol–water partition coefficient (Wildman–Crippen LogP) is 3.25. The average Bonchev–Trinajstić information content (AvgIpc) is 3.17. The van der Waals surface area contributed by atoms with E-state index in [4.69, 9.17) is 0 Å². The number of rotatable bonds is 3. The van der Waals surface area contributed by atoms with Crippen molar-refractivity contribution >= 4 is 23.4 Å². The third-order valence-electron chi connectivity index (χ3n) is 4.25. The Kier molecular flexibility index (Phi) is 3.78. The van der Waals surface area contributed by atoms with Crippen molar-refractivity contribution in [3.05, 3.63) is 66.0 Å². The molecule has 0 bridgehead atoms. The lowest BCUT2D eigenvalue weighted by Gasteiger charge is -2.10. The van der Waals surface area contributed by atoms with Gasteiger partial charge >= 0.3 is 6.03 Å². The number of nitrogens with zero attached hydrogens (tertiary/aromatic N) is 2. The zero-order chi connectivity index (χ0) is 18.3. The van der Waals surface area contributed by atoms with E-state index in [1.807, 2.05) is 0 Å². The molecular formula is C19H16N4O3. The molecule has 0 fully saturated rings. The normalized spacial score (nSPS) is 13.1. The highest BCUT2D eigenvalue weighted by Crippen LogP contribution is 2.40. The van der Waals surface area contributed by atoms with Crippen molar-refractivity contribution in [2.75, 3.05) is 10.6 Å². The fourth-order valence-corrected chi connectivity index (χ4v) is 3.14. The van der Waals surface area contributed by atoms with E-state index in [1.165, 1.54) is 4.57 Å². The summed E-state index contributed by atoms with van der Waals surface area (Å²) < 4.78 is 1.48. The Bertz CT molecular complexity index is 1010. The minimum Gasteiger partial charge on any atom is -0.387 e. The second-order valence-electron chi connectivity index (χ2n) is 5.98. The zero-order valence-electron chi connectivity index (χ0n) is 13.9. The van der Waals surface area contributed by atoms with E-state index in [9.17, 15) is 14.7 Å². The van der Waals surface area contributed by atoms with Gasteiger partial charge in [0, 0.05) is 11.8 Å². The van der Waals surface area contributed by atoms with Gasteiger partial charge in [0.25, 0.3) is 5.91 Å². The highest BCUT2D eigenvalue weighted by Gasteiger charge is 2.31. The number of urea groups is 1. The molecule has 26 heavy (non-hydrogen) atoms. The predicted molar refractivity (Wildman–Crippen MR) is 97.1 cm³/mol. The molecule has 0 radical (unpaired) electrons. The number of amides is 2. The number of nitrogens with one attached hydrogen (secondary N) is 2. The van der Waals surface area contributed by atoms with Crippen molar-refractivity contribution in [1.82, 2.24) is 9.55 Å². The van der Waals surface area contributed by atoms with Crippen LogP contribution in [0.25, 0.3) is 11.3 Å². The molecule has 3 heterocycles. The van der Waals surface area contributed by atoms with Crippen molar-refractivity contribution in [3.63, 3.8) is 0 Å². The lowest BCUT2D eigenvalue weighted by molar-refractivity contribution is 0.0951. The van der Waals surface area contributed by atoms with Crippen LogP contribution in [0, 0.1) is 0 Å². The smallest absolute Gasteiger partial charge is 0.324 e. The van der Waals surface area contributed by atoms with Crippen molar-refractivity contribution in [2.24, 2.45) is 0 Å². The monoisotopic (exact) mass is 348 g/mol. The van der Waals surface area contributed by atoms with Gasteiger partial charge in [-0.05, 0) is 43.3 Å². The molecule has 3 aromatic rings. The first kappa shape index (κ1) is 16.0. The van der Waals surface area contributed by atoms with Crippen LogP contribution in [0.15, 0.2) is 54.7 Å². The summed E-state index contributed by atoms with van der Waals surface area (Å²) in [5.41, 5.74) is 2.80. The Morgan fingerprint density at radius 1 is 1.12 bits per heavy atom. The van der Waals surface area contributed by atoms with Gasteiger partial charge in [-0.15, -0.1) is 0 Å². The summed E-state index contributed by atoms with van der Waals surface area (Å²) >= 11 is 0. The van der Waals surface area contributed by atoms with Gasteiger partial charge in [-0.25, -0.2) is 9.78 Å². The fourth-order valence-electron chi connectivity index (χ4n) is 3.14. The van der Waals surface area contributed by atoms with Crippen molar-refractivity contribution in [1.29, 1.82) is 0 Å². The molecule has 0 aliphatic carbocycles. The van der Waals surface area contributed by atoms with Crippen LogP contribution in [0.4, 0.5) is 16.3 Å². The van der Waals surface area contributed by atoms with Crippen LogP contribution < -0.4 is 10.6 Å². The number of hydrogen-bond donors (Lipinski definition) is 3. The first-order chi connectivity index (χ1) is 12.6. The van der Waals surface area contributed by atoms with Gasteiger partial charge < -0.3 is 10.4 Å². The third-order valence-corrected chi connectivity index (χ3v) is 4.25. The van der Waals surface area contributed by atoms with E-state index < -0.39 is 12.1 Å². The maximum absolute atomic E-state index is 12.7. The van der Waals surface area contributed by atoms with Crippen molar-refractivity contribution < 1.29 is 14.7 Å². The van der Waals surface area contributed by atoms with Gasteiger partial charge in [0.05, 0.1) is 28.7 Å². The van der Waals surface area contributed by atoms with Crippen LogP contribution in [-0.4, -0.2) is 26.6 Å². The molecule has 1 aromatic carbocycles. The molecule has 0 saturated heterocycles. The summed E-state index contributed by atoms with van der Waals surface area (Å²) in [5.74, 6) is 0.207. The summed E-state index contributed by atoms with van der Waals surface area (Å²) in [6, 6.07) is 13.4. The number of aliphatic hydroxyl groups is 1. The van der Waals surface area contributed by atoms with E-state index in [0.717, 1.165) is 0 Å². The minimum atomic E-state index is -0.772. The molecule has 4 rings (SSSR count).